The van der Waals surface area contributed by atoms with Crippen LogP contribution >= 0.6 is 11.8 Å². The van der Waals surface area contributed by atoms with Gasteiger partial charge in [-0.2, -0.15) is 0 Å². The van der Waals surface area contributed by atoms with Crippen LogP contribution in [0.5, 0.6) is 0 Å². The summed E-state index contributed by atoms with van der Waals surface area (Å²) in [7, 11) is 1.57. The van der Waals surface area contributed by atoms with Crippen LogP contribution < -0.4 is 5.32 Å². The second-order valence-electron chi connectivity index (χ2n) is 6.42. The van der Waals surface area contributed by atoms with E-state index in [0.29, 0.717) is 22.1 Å². The van der Waals surface area contributed by atoms with E-state index in [2.05, 4.69) is 10.3 Å². The molecule has 1 saturated heterocycles. The van der Waals surface area contributed by atoms with Crippen LogP contribution in [0.4, 0.5) is 15.8 Å². The predicted octanol–water partition coefficient (Wildman–Crippen LogP) is 3.59. The molecule has 1 aliphatic heterocycles. The smallest absolute Gasteiger partial charge is 0.338 e. The summed E-state index contributed by atoms with van der Waals surface area (Å²) in [6.07, 6.45) is 0.0100. The fourth-order valence-electron chi connectivity index (χ4n) is 2.68. The van der Waals surface area contributed by atoms with Crippen LogP contribution in [0.15, 0.2) is 53.5 Å². The number of benzene rings is 2. The molecule has 1 aliphatic rings. The van der Waals surface area contributed by atoms with Crippen molar-refractivity contribution in [3.8, 4) is 0 Å². The Morgan fingerprint density at radius 2 is 2.00 bits per heavy atom. The first-order chi connectivity index (χ1) is 14.4. The van der Waals surface area contributed by atoms with Crippen molar-refractivity contribution in [2.75, 3.05) is 19.0 Å². The monoisotopic (exact) mass is 429 g/mol. The average Bonchev–Trinajstić information content (AvgIpc) is 2.72. The van der Waals surface area contributed by atoms with Gasteiger partial charge in [-0.1, -0.05) is 17.8 Å². The third kappa shape index (κ3) is 5.24. The number of amidine groups is 1. The van der Waals surface area contributed by atoms with Crippen molar-refractivity contribution < 1.29 is 23.5 Å². The number of anilines is 1. The Kier molecular flexibility index (Phi) is 6.83. The summed E-state index contributed by atoms with van der Waals surface area (Å²) in [6, 6.07) is 12.0. The summed E-state index contributed by atoms with van der Waals surface area (Å²) in [5, 5.41) is 2.37. The van der Waals surface area contributed by atoms with Gasteiger partial charge in [0.05, 0.1) is 17.9 Å². The van der Waals surface area contributed by atoms with Gasteiger partial charge in [0.15, 0.2) is 5.17 Å². The number of hydrogen-bond donors (Lipinski definition) is 1. The van der Waals surface area contributed by atoms with E-state index in [1.807, 2.05) is 0 Å². The summed E-state index contributed by atoms with van der Waals surface area (Å²) in [5.74, 6) is -1.50. The van der Waals surface area contributed by atoms with Gasteiger partial charge in [-0.05, 0) is 49.4 Å². The number of esters is 1. The van der Waals surface area contributed by atoms with E-state index in [1.54, 1.807) is 44.3 Å². The molecule has 9 heteroatoms. The van der Waals surface area contributed by atoms with Gasteiger partial charge in [-0.15, -0.1) is 0 Å². The molecule has 0 saturated carbocycles. The fourth-order valence-corrected chi connectivity index (χ4v) is 3.75. The SMILES string of the molecule is CCOC(=O)c1ccc(NC(=O)[C@@H]2CC(=O)N(C)C(=Nc3cccc(F)c3)S2)cc1. The number of aliphatic imine (C=N–C) groups is 1. The predicted molar refractivity (Wildman–Crippen MR) is 113 cm³/mol. The maximum Gasteiger partial charge on any atom is 0.338 e. The molecule has 0 aromatic heterocycles. The molecule has 0 spiro atoms. The Labute approximate surface area is 177 Å². The first-order valence-electron chi connectivity index (χ1n) is 9.23. The van der Waals surface area contributed by atoms with Gasteiger partial charge in [0.2, 0.25) is 11.8 Å². The lowest BCUT2D eigenvalue weighted by Gasteiger charge is -2.28. The highest BCUT2D eigenvalue weighted by molar-refractivity contribution is 8.15. The number of hydrogen-bond acceptors (Lipinski definition) is 6. The maximum atomic E-state index is 13.4. The molecule has 7 nitrogen and oxygen atoms in total. The molecular weight excluding hydrogens is 409 g/mol. The third-order valence-corrected chi connectivity index (χ3v) is 5.50. The number of rotatable bonds is 5. The molecule has 1 fully saturated rings. The van der Waals surface area contributed by atoms with Crippen LogP contribution in [0.1, 0.15) is 23.7 Å². The molecule has 156 valence electrons. The number of carbonyl (C=O) groups excluding carboxylic acids is 3. The zero-order valence-electron chi connectivity index (χ0n) is 16.4. The van der Waals surface area contributed by atoms with Gasteiger partial charge in [0.25, 0.3) is 0 Å². The molecule has 30 heavy (non-hydrogen) atoms. The van der Waals surface area contributed by atoms with E-state index in [-0.39, 0.29) is 24.8 Å². The third-order valence-electron chi connectivity index (χ3n) is 4.26. The van der Waals surface area contributed by atoms with E-state index in [1.165, 1.54) is 23.1 Å². The number of thioether (sulfide) groups is 1. The van der Waals surface area contributed by atoms with Gasteiger partial charge < -0.3 is 10.1 Å². The second kappa shape index (κ2) is 9.53. The molecule has 3 rings (SSSR count). The van der Waals surface area contributed by atoms with E-state index in [4.69, 9.17) is 4.74 Å². The number of ether oxygens (including phenoxy) is 1. The maximum absolute atomic E-state index is 13.4. The zero-order valence-corrected chi connectivity index (χ0v) is 17.2. The normalized spacial score (nSPS) is 17.7. The molecule has 2 aromatic rings. The first kappa shape index (κ1) is 21.5. The molecule has 0 aliphatic carbocycles. The molecular formula is C21H20FN3O4S. The highest BCUT2D eigenvalue weighted by Crippen LogP contribution is 2.29. The van der Waals surface area contributed by atoms with Gasteiger partial charge in [0.1, 0.15) is 11.1 Å². The fraction of sp³-hybridized carbons (Fsp3) is 0.238. The van der Waals surface area contributed by atoms with Crippen molar-refractivity contribution in [1.82, 2.24) is 4.90 Å². The molecule has 2 amide bonds. The van der Waals surface area contributed by atoms with Crippen LogP contribution in [0, 0.1) is 5.82 Å². The van der Waals surface area contributed by atoms with Crippen LogP contribution in [-0.4, -0.2) is 46.8 Å². The lowest BCUT2D eigenvalue weighted by Crippen LogP contribution is -2.43. The van der Waals surface area contributed by atoms with Crippen molar-refractivity contribution in [3.63, 3.8) is 0 Å². The number of carbonyl (C=O) groups is 3. The quantitative estimate of drug-likeness (QED) is 0.734. The Morgan fingerprint density at radius 3 is 2.67 bits per heavy atom. The van der Waals surface area contributed by atoms with E-state index >= 15 is 0 Å². The van der Waals surface area contributed by atoms with E-state index in [0.717, 1.165) is 11.8 Å². The highest BCUT2D eigenvalue weighted by atomic mass is 32.2. The van der Waals surface area contributed by atoms with Crippen LogP contribution in [0.3, 0.4) is 0 Å². The zero-order chi connectivity index (χ0) is 21.7. The molecule has 1 heterocycles. The number of nitrogens with zero attached hydrogens (tertiary/aromatic N) is 2. The Balaban J connectivity index is 1.71. The molecule has 0 unspecified atom stereocenters. The van der Waals surface area contributed by atoms with Gasteiger partial charge in [-0.3, -0.25) is 14.5 Å². The molecule has 0 bridgehead atoms. The average molecular weight is 429 g/mol. The lowest BCUT2D eigenvalue weighted by atomic mass is 10.2. The molecule has 0 radical (unpaired) electrons. The second-order valence-corrected chi connectivity index (χ2v) is 7.59. The summed E-state index contributed by atoms with van der Waals surface area (Å²) in [4.78, 5) is 42.4. The van der Waals surface area contributed by atoms with Crippen LogP contribution in [-0.2, 0) is 14.3 Å². The summed E-state index contributed by atoms with van der Waals surface area (Å²) in [5.41, 5.74) is 1.22. The number of amides is 2. The van der Waals surface area contributed by atoms with Gasteiger partial charge >= 0.3 is 5.97 Å². The minimum absolute atomic E-state index is 0.0100. The number of nitrogens with one attached hydrogen (secondary N) is 1. The van der Waals surface area contributed by atoms with Crippen molar-refractivity contribution in [3.05, 3.63) is 59.9 Å². The van der Waals surface area contributed by atoms with Crippen molar-refractivity contribution in [2.24, 2.45) is 4.99 Å². The highest BCUT2D eigenvalue weighted by Gasteiger charge is 2.34. The Hall–Kier alpha value is -3.20. The minimum Gasteiger partial charge on any atom is -0.462 e. The summed E-state index contributed by atoms with van der Waals surface area (Å²) >= 11 is 1.13. The number of halogens is 1. The van der Waals surface area contributed by atoms with E-state index < -0.39 is 17.0 Å². The summed E-state index contributed by atoms with van der Waals surface area (Å²) < 4.78 is 18.3. The van der Waals surface area contributed by atoms with Crippen molar-refractivity contribution >= 4 is 46.1 Å². The van der Waals surface area contributed by atoms with Gasteiger partial charge in [-0.25, -0.2) is 14.2 Å². The Morgan fingerprint density at radius 1 is 1.27 bits per heavy atom. The van der Waals surface area contributed by atoms with Crippen molar-refractivity contribution in [1.29, 1.82) is 0 Å². The summed E-state index contributed by atoms with van der Waals surface area (Å²) in [6.45, 7) is 2.00. The molecule has 1 atom stereocenters. The largest absolute Gasteiger partial charge is 0.462 e. The first-order valence-corrected chi connectivity index (χ1v) is 10.1. The molecule has 2 aromatic carbocycles. The standard InChI is InChI=1S/C21H20FN3O4S/c1-3-29-20(28)13-7-9-15(10-8-13)23-19(27)17-12-18(26)25(2)21(30-17)24-16-6-4-5-14(22)11-16/h4-11,17H,3,12H2,1-2H3,(H,23,27)/t17-/m0/s1. The Bertz CT molecular complexity index is 994. The minimum atomic E-state index is -0.689. The van der Waals surface area contributed by atoms with Crippen LogP contribution in [0.2, 0.25) is 0 Å². The lowest BCUT2D eigenvalue weighted by molar-refractivity contribution is -0.128. The molecule has 1 N–H and O–H groups in total. The van der Waals surface area contributed by atoms with Gasteiger partial charge in [0, 0.05) is 19.2 Å². The van der Waals surface area contributed by atoms with Crippen LogP contribution in [0.25, 0.3) is 0 Å². The van der Waals surface area contributed by atoms with E-state index in [9.17, 15) is 18.8 Å². The van der Waals surface area contributed by atoms with Crippen molar-refractivity contribution in [2.45, 2.75) is 18.6 Å². The topological polar surface area (TPSA) is 88.1 Å².